The molecule has 1 saturated carbocycles. The van der Waals surface area contributed by atoms with Gasteiger partial charge in [-0.1, -0.05) is 169 Å². The summed E-state index contributed by atoms with van der Waals surface area (Å²) < 4.78 is 56.1. The van der Waals surface area contributed by atoms with Gasteiger partial charge in [0.15, 0.2) is 31.5 Å². The molecular weight excluding hydrogens is 1100 g/mol. The second kappa shape index (κ2) is 43.6. The van der Waals surface area contributed by atoms with Gasteiger partial charge in [0, 0.05) is 13.7 Å². The number of hydrogen-bond acceptors (Lipinski definition) is 10. The lowest BCUT2D eigenvalue weighted by Crippen LogP contribution is -2.29. The molecule has 9 unspecified atom stereocenters. The molecule has 1 fully saturated rings. The van der Waals surface area contributed by atoms with Crippen molar-refractivity contribution < 1.29 is 47.4 Å². The maximum absolute atomic E-state index is 5.97. The Labute approximate surface area is 537 Å². The largest absolute Gasteiger partial charge is 0.465 e. The van der Waals surface area contributed by atoms with Crippen molar-refractivity contribution in [1.29, 1.82) is 0 Å². The zero-order valence-corrected chi connectivity index (χ0v) is 59.3. The van der Waals surface area contributed by atoms with E-state index in [0.717, 1.165) is 73.9 Å². The highest BCUT2D eigenvalue weighted by molar-refractivity contribution is 5.33. The van der Waals surface area contributed by atoms with Crippen molar-refractivity contribution in [2.24, 2.45) is 0 Å². The monoisotopic (exact) mass is 1220 g/mol. The number of unbranched alkanes of at least 4 members (excludes halogenated alkanes) is 1. The van der Waals surface area contributed by atoms with Crippen LogP contribution in [-0.4, -0.2) is 63.5 Å². The number of ether oxygens (including phenoxy) is 10. The van der Waals surface area contributed by atoms with Gasteiger partial charge in [-0.25, -0.2) is 0 Å². The molecule has 0 aromatic heterocycles. The first-order chi connectivity index (χ1) is 41.8. The Morgan fingerprint density at radius 3 is 1.05 bits per heavy atom. The molecular formula is C78H124O10. The molecule has 496 valence electrons. The van der Waals surface area contributed by atoms with Crippen molar-refractivity contribution in [1.82, 2.24) is 0 Å². The first-order valence-corrected chi connectivity index (χ1v) is 33.8. The normalized spacial score (nSPS) is 15.6. The molecule has 88 heavy (non-hydrogen) atoms. The van der Waals surface area contributed by atoms with E-state index in [1.165, 1.54) is 66.3 Å². The predicted octanol–water partition coefficient (Wildman–Crippen LogP) is 22.5. The summed E-state index contributed by atoms with van der Waals surface area (Å²) in [5, 5.41) is 0. The van der Waals surface area contributed by atoms with Crippen LogP contribution in [0, 0.1) is 0 Å². The third-order valence-corrected chi connectivity index (χ3v) is 16.3. The maximum atomic E-state index is 5.97. The SMILES string of the molecule is CCC(C)c1ccc(OC(C)OC(C)(C)C)cc1.CCC(C)c1ccc(OC(C)OC)cc1.CCC(C)c1ccc(OC(C)OC2CCCCC2)cc1.CCCCOC(C)Oc1ccc(C(C)CC)cc1.CCOC(C)Oc1ccc(C(C)(C)CC)cc1. The van der Waals surface area contributed by atoms with E-state index in [0.29, 0.717) is 36.4 Å². The quantitative estimate of drug-likeness (QED) is 0.0327. The molecule has 0 bridgehead atoms. The van der Waals surface area contributed by atoms with Gasteiger partial charge in [-0.05, 0) is 231 Å². The van der Waals surface area contributed by atoms with Gasteiger partial charge in [-0.15, -0.1) is 0 Å². The third-order valence-electron chi connectivity index (χ3n) is 16.3. The Bertz CT molecular complexity index is 2460. The molecule has 1 aliphatic rings. The molecule has 10 nitrogen and oxygen atoms in total. The maximum Gasteiger partial charge on any atom is 0.197 e. The Hall–Kier alpha value is -5.10. The van der Waals surface area contributed by atoms with Gasteiger partial charge in [0.05, 0.1) is 18.3 Å². The zero-order valence-electron chi connectivity index (χ0n) is 59.3. The van der Waals surface area contributed by atoms with Crippen molar-refractivity contribution in [3.63, 3.8) is 0 Å². The standard InChI is InChI=1S/C18H28O2.2C16H26O2.C15H24O2.C13H20O2/c1-4-14(2)16-10-12-18(13-11-16)20-15(3)19-17-8-6-5-7-9-17;1-7-12(2)14-8-10-15(11-9-14)17-13(3)18-16(4,5)6;1-5-7-12-17-14(4)18-16-10-8-15(9-11-16)13(3)6-2;1-6-15(4,5)13-8-10-14(11-9-13)17-12(3)16-7-2;1-5-10(2)12-6-8-13(9-7-12)15-11(3)14-4/h10-15,17H,4-9H2,1-3H3;8-13H,7H2,1-6H3;8-11,13-14H,5-7,12H2,1-4H3;8-12H,6-7H2,1-5H3;6-11H,5H2,1-4H3. The molecule has 0 heterocycles. The minimum Gasteiger partial charge on any atom is -0.465 e. The van der Waals surface area contributed by atoms with Gasteiger partial charge in [-0.2, -0.15) is 0 Å². The minimum atomic E-state index is -0.237. The second-order valence-electron chi connectivity index (χ2n) is 25.2. The summed E-state index contributed by atoms with van der Waals surface area (Å²) in [6.07, 6.45) is 13.7. The summed E-state index contributed by atoms with van der Waals surface area (Å²) in [7, 11) is 1.64. The van der Waals surface area contributed by atoms with E-state index in [4.69, 9.17) is 47.4 Å². The smallest absolute Gasteiger partial charge is 0.197 e. The molecule has 5 aromatic carbocycles. The van der Waals surface area contributed by atoms with Gasteiger partial charge in [-0.3, -0.25) is 0 Å². The van der Waals surface area contributed by atoms with E-state index < -0.39 is 0 Å². The highest BCUT2D eigenvalue weighted by atomic mass is 16.7. The van der Waals surface area contributed by atoms with E-state index in [2.05, 4.69) is 156 Å². The van der Waals surface area contributed by atoms with Gasteiger partial charge in [0.1, 0.15) is 28.7 Å². The lowest BCUT2D eigenvalue weighted by atomic mass is 9.82. The van der Waals surface area contributed by atoms with E-state index in [9.17, 15) is 0 Å². The van der Waals surface area contributed by atoms with E-state index in [1.54, 1.807) is 7.11 Å². The van der Waals surface area contributed by atoms with Gasteiger partial charge < -0.3 is 47.4 Å². The van der Waals surface area contributed by atoms with Gasteiger partial charge in [0.2, 0.25) is 0 Å². The van der Waals surface area contributed by atoms with Crippen molar-refractivity contribution in [2.45, 2.75) is 295 Å². The molecule has 0 saturated heterocycles. The molecule has 0 radical (unpaired) electrons. The van der Waals surface area contributed by atoms with Crippen LogP contribution in [0.4, 0.5) is 0 Å². The number of methoxy groups -OCH3 is 1. The Kier molecular flexibility index (Phi) is 39.1. The molecule has 5 aromatic rings. The highest BCUT2D eigenvalue weighted by Gasteiger charge is 2.20. The Balaban J connectivity index is 0.000000376. The Morgan fingerprint density at radius 1 is 0.398 bits per heavy atom. The van der Waals surface area contributed by atoms with Crippen molar-refractivity contribution in [2.75, 3.05) is 20.3 Å². The van der Waals surface area contributed by atoms with Crippen LogP contribution < -0.4 is 23.7 Å². The van der Waals surface area contributed by atoms with Crippen LogP contribution in [0.25, 0.3) is 0 Å². The van der Waals surface area contributed by atoms with Crippen LogP contribution in [0.5, 0.6) is 28.7 Å². The van der Waals surface area contributed by atoms with E-state index >= 15 is 0 Å². The molecule has 0 N–H and O–H groups in total. The average Bonchev–Trinajstić information content (AvgIpc) is 3.64. The van der Waals surface area contributed by atoms with E-state index in [-0.39, 0.29) is 42.5 Å². The van der Waals surface area contributed by atoms with Crippen LogP contribution >= 0.6 is 0 Å². The summed E-state index contributed by atoms with van der Waals surface area (Å²) >= 11 is 0. The summed E-state index contributed by atoms with van der Waals surface area (Å²) in [4.78, 5) is 0. The molecule has 6 rings (SSSR count). The molecule has 0 amide bonds. The third kappa shape index (κ3) is 33.1. The molecule has 9 atom stereocenters. The van der Waals surface area contributed by atoms with Crippen LogP contribution in [0.2, 0.25) is 0 Å². The number of rotatable bonds is 30. The van der Waals surface area contributed by atoms with Gasteiger partial charge >= 0.3 is 0 Å². The molecule has 0 aliphatic heterocycles. The Morgan fingerprint density at radius 2 is 0.727 bits per heavy atom. The predicted molar refractivity (Wildman–Crippen MR) is 369 cm³/mol. The topological polar surface area (TPSA) is 92.3 Å². The second-order valence-corrected chi connectivity index (χ2v) is 25.2. The van der Waals surface area contributed by atoms with Crippen molar-refractivity contribution >= 4 is 0 Å². The summed E-state index contributed by atoms with van der Waals surface area (Å²) in [6.45, 7) is 45.8. The van der Waals surface area contributed by atoms with Crippen LogP contribution in [0.15, 0.2) is 121 Å². The zero-order chi connectivity index (χ0) is 65.7. The summed E-state index contributed by atoms with van der Waals surface area (Å²) in [6, 6.07) is 41.6. The summed E-state index contributed by atoms with van der Waals surface area (Å²) in [5.74, 6) is 6.79. The first-order valence-electron chi connectivity index (χ1n) is 33.8. The van der Waals surface area contributed by atoms with Crippen molar-refractivity contribution in [3.05, 3.63) is 149 Å². The van der Waals surface area contributed by atoms with Crippen LogP contribution in [-0.2, 0) is 29.1 Å². The van der Waals surface area contributed by atoms with Crippen molar-refractivity contribution in [3.8, 4) is 28.7 Å². The fraction of sp³-hybridized carbons (Fsp3) is 0.615. The van der Waals surface area contributed by atoms with Crippen LogP contribution in [0.3, 0.4) is 0 Å². The first kappa shape index (κ1) is 79.0. The molecule has 1 aliphatic carbocycles. The lowest BCUT2D eigenvalue weighted by Gasteiger charge is -2.26. The fourth-order valence-electron chi connectivity index (χ4n) is 9.36. The fourth-order valence-corrected chi connectivity index (χ4v) is 9.36. The minimum absolute atomic E-state index is 0.160. The molecule has 0 spiro atoms. The molecule has 10 heteroatoms. The van der Waals surface area contributed by atoms with E-state index in [1.807, 2.05) is 111 Å². The average molecular weight is 1220 g/mol. The summed E-state index contributed by atoms with van der Waals surface area (Å²) in [5.41, 5.74) is 6.84. The highest BCUT2D eigenvalue weighted by Crippen LogP contribution is 2.30. The van der Waals surface area contributed by atoms with Gasteiger partial charge in [0.25, 0.3) is 0 Å². The van der Waals surface area contributed by atoms with Crippen LogP contribution in [0.1, 0.15) is 274 Å². The lowest BCUT2D eigenvalue weighted by molar-refractivity contribution is -0.140. The number of benzene rings is 5. The number of hydrogen-bond donors (Lipinski definition) is 0.